The normalized spacial score (nSPS) is 16.3. The van der Waals surface area contributed by atoms with Gasteiger partial charge in [0.2, 0.25) is 0 Å². The molecule has 24 heavy (non-hydrogen) atoms. The van der Waals surface area contributed by atoms with Crippen LogP contribution in [0.2, 0.25) is 0 Å². The highest BCUT2D eigenvalue weighted by molar-refractivity contribution is 9.10. The maximum absolute atomic E-state index is 12.5. The third-order valence-corrected chi connectivity index (χ3v) is 5.15. The van der Waals surface area contributed by atoms with Gasteiger partial charge in [-0.3, -0.25) is 4.79 Å². The molecule has 4 nitrogen and oxygen atoms in total. The molecule has 1 aliphatic carbocycles. The van der Waals surface area contributed by atoms with E-state index in [1.807, 2.05) is 30.3 Å². The second kappa shape index (κ2) is 6.95. The van der Waals surface area contributed by atoms with Gasteiger partial charge in [-0.1, -0.05) is 30.3 Å². The predicted octanol–water partition coefficient (Wildman–Crippen LogP) is 3.49. The quantitative estimate of drug-likeness (QED) is 0.794. The maximum atomic E-state index is 12.5. The van der Waals surface area contributed by atoms with Gasteiger partial charge >= 0.3 is 0 Å². The van der Waals surface area contributed by atoms with Crippen LogP contribution in [0.5, 0.6) is 5.75 Å². The molecule has 0 bridgehead atoms. The standard InChI is InChI=1S/C19H20BrNO3/c1-24-15-9-10-17(20)16(11-15)18(22)21-12-19(23,14-7-8-14)13-5-3-2-4-6-13/h2-6,9-11,14,23H,7-8,12H2,1H3,(H,21,22)/t19-/m1/s1. The minimum atomic E-state index is -1.03. The molecule has 0 aromatic heterocycles. The van der Waals surface area contributed by atoms with Crippen LogP contribution in [0.4, 0.5) is 0 Å². The van der Waals surface area contributed by atoms with Crippen molar-refractivity contribution in [3.63, 3.8) is 0 Å². The SMILES string of the molecule is COc1ccc(Br)c(C(=O)NC[C@@](O)(c2ccccc2)C2CC2)c1. The lowest BCUT2D eigenvalue weighted by atomic mass is 9.88. The number of ether oxygens (including phenoxy) is 1. The Hall–Kier alpha value is -1.85. The van der Waals surface area contributed by atoms with Gasteiger partial charge in [0.1, 0.15) is 11.4 Å². The van der Waals surface area contributed by atoms with Crippen molar-refractivity contribution >= 4 is 21.8 Å². The highest BCUT2D eigenvalue weighted by atomic mass is 79.9. The fourth-order valence-corrected chi connectivity index (χ4v) is 3.31. The Balaban J connectivity index is 1.77. The summed E-state index contributed by atoms with van der Waals surface area (Å²) in [4.78, 5) is 12.5. The van der Waals surface area contributed by atoms with Crippen molar-refractivity contribution in [3.05, 3.63) is 64.1 Å². The second-order valence-electron chi connectivity index (χ2n) is 6.09. The minimum Gasteiger partial charge on any atom is -0.497 e. The molecule has 0 radical (unpaired) electrons. The van der Waals surface area contributed by atoms with Gasteiger partial charge in [-0.15, -0.1) is 0 Å². The van der Waals surface area contributed by atoms with Gasteiger partial charge in [0, 0.05) is 4.47 Å². The molecule has 5 heteroatoms. The first-order valence-electron chi connectivity index (χ1n) is 7.94. The van der Waals surface area contributed by atoms with Crippen molar-refractivity contribution < 1.29 is 14.6 Å². The maximum Gasteiger partial charge on any atom is 0.252 e. The Bertz CT molecular complexity index is 731. The van der Waals surface area contributed by atoms with E-state index in [4.69, 9.17) is 4.74 Å². The van der Waals surface area contributed by atoms with E-state index in [1.54, 1.807) is 25.3 Å². The number of benzene rings is 2. The summed E-state index contributed by atoms with van der Waals surface area (Å²) in [6.07, 6.45) is 1.95. The average molecular weight is 390 g/mol. The molecule has 0 spiro atoms. The van der Waals surface area contributed by atoms with E-state index < -0.39 is 5.60 Å². The molecule has 0 unspecified atom stereocenters. The van der Waals surface area contributed by atoms with Gasteiger partial charge in [0.05, 0.1) is 19.2 Å². The van der Waals surface area contributed by atoms with Crippen LogP contribution >= 0.6 is 15.9 Å². The Kier molecular flexibility index (Phi) is 4.92. The van der Waals surface area contributed by atoms with E-state index >= 15 is 0 Å². The molecule has 0 heterocycles. The summed E-state index contributed by atoms with van der Waals surface area (Å²) in [7, 11) is 1.56. The Morgan fingerprint density at radius 3 is 2.62 bits per heavy atom. The lowest BCUT2D eigenvalue weighted by Crippen LogP contribution is -2.42. The van der Waals surface area contributed by atoms with Crippen LogP contribution in [0.1, 0.15) is 28.8 Å². The van der Waals surface area contributed by atoms with Gasteiger partial charge < -0.3 is 15.2 Å². The van der Waals surface area contributed by atoms with E-state index in [0.717, 1.165) is 18.4 Å². The second-order valence-corrected chi connectivity index (χ2v) is 6.95. The molecule has 1 atom stereocenters. The summed E-state index contributed by atoms with van der Waals surface area (Å²) in [5.41, 5.74) is 0.306. The average Bonchev–Trinajstić information content (AvgIpc) is 3.46. The number of carbonyl (C=O) groups excluding carboxylic acids is 1. The summed E-state index contributed by atoms with van der Waals surface area (Å²) in [6.45, 7) is 0.185. The van der Waals surface area contributed by atoms with Crippen molar-refractivity contribution in [1.29, 1.82) is 0 Å². The molecule has 1 saturated carbocycles. The fourth-order valence-electron chi connectivity index (χ4n) is 2.89. The summed E-state index contributed by atoms with van der Waals surface area (Å²) in [5.74, 6) is 0.564. The Morgan fingerprint density at radius 2 is 2.00 bits per heavy atom. The largest absolute Gasteiger partial charge is 0.497 e. The lowest BCUT2D eigenvalue weighted by Gasteiger charge is -2.29. The van der Waals surface area contributed by atoms with Crippen molar-refractivity contribution in [3.8, 4) is 5.75 Å². The van der Waals surface area contributed by atoms with Gasteiger partial charge in [0.25, 0.3) is 5.91 Å². The monoisotopic (exact) mass is 389 g/mol. The van der Waals surface area contributed by atoms with Crippen molar-refractivity contribution in [2.75, 3.05) is 13.7 Å². The van der Waals surface area contributed by atoms with Crippen LogP contribution in [0.15, 0.2) is 53.0 Å². The number of nitrogens with one attached hydrogen (secondary N) is 1. The molecule has 3 rings (SSSR count). The Morgan fingerprint density at radius 1 is 1.29 bits per heavy atom. The topological polar surface area (TPSA) is 58.6 Å². The van der Waals surface area contributed by atoms with Crippen molar-refractivity contribution in [1.82, 2.24) is 5.32 Å². The van der Waals surface area contributed by atoms with E-state index in [9.17, 15) is 9.90 Å². The number of hydrogen-bond acceptors (Lipinski definition) is 3. The van der Waals surface area contributed by atoms with Crippen molar-refractivity contribution in [2.24, 2.45) is 5.92 Å². The zero-order valence-electron chi connectivity index (χ0n) is 13.5. The summed E-state index contributed by atoms with van der Waals surface area (Å²) in [5, 5.41) is 14.0. The molecular weight excluding hydrogens is 370 g/mol. The van der Waals surface area contributed by atoms with E-state index in [0.29, 0.717) is 15.8 Å². The number of rotatable bonds is 6. The van der Waals surface area contributed by atoms with Crippen LogP contribution in [-0.2, 0) is 5.60 Å². The fraction of sp³-hybridized carbons (Fsp3) is 0.316. The number of aliphatic hydroxyl groups is 1. The van der Waals surface area contributed by atoms with Crippen LogP contribution in [0.3, 0.4) is 0 Å². The van der Waals surface area contributed by atoms with Gasteiger partial charge in [-0.2, -0.15) is 0 Å². The number of carbonyl (C=O) groups is 1. The van der Waals surface area contributed by atoms with Gasteiger partial charge in [-0.05, 0) is 58.5 Å². The highest BCUT2D eigenvalue weighted by Gasteiger charge is 2.45. The predicted molar refractivity (Wildman–Crippen MR) is 96.1 cm³/mol. The van der Waals surface area contributed by atoms with Crippen LogP contribution in [-0.4, -0.2) is 24.7 Å². The minimum absolute atomic E-state index is 0.185. The van der Waals surface area contributed by atoms with Crippen LogP contribution in [0.25, 0.3) is 0 Å². The van der Waals surface area contributed by atoms with Crippen molar-refractivity contribution in [2.45, 2.75) is 18.4 Å². The molecule has 2 aromatic carbocycles. The van der Waals surface area contributed by atoms with E-state index in [1.165, 1.54) is 0 Å². The number of amides is 1. The van der Waals surface area contributed by atoms with Crippen LogP contribution in [0, 0.1) is 5.92 Å². The third kappa shape index (κ3) is 3.47. The highest BCUT2D eigenvalue weighted by Crippen LogP contribution is 2.45. The van der Waals surface area contributed by atoms with Gasteiger partial charge in [0.15, 0.2) is 0 Å². The molecule has 2 aromatic rings. The molecule has 2 N–H and O–H groups in total. The van der Waals surface area contributed by atoms with E-state index in [2.05, 4.69) is 21.2 Å². The Labute approximate surface area is 150 Å². The lowest BCUT2D eigenvalue weighted by molar-refractivity contribution is 0.0135. The number of methoxy groups -OCH3 is 1. The molecule has 0 aliphatic heterocycles. The molecule has 1 aliphatic rings. The number of hydrogen-bond donors (Lipinski definition) is 2. The summed E-state index contributed by atoms with van der Waals surface area (Å²) < 4.78 is 5.86. The molecule has 1 amide bonds. The molecular formula is C19H20BrNO3. The first-order valence-corrected chi connectivity index (χ1v) is 8.73. The molecule has 0 saturated heterocycles. The zero-order valence-corrected chi connectivity index (χ0v) is 15.0. The number of halogens is 1. The first-order chi connectivity index (χ1) is 11.5. The van der Waals surface area contributed by atoms with Crippen LogP contribution < -0.4 is 10.1 Å². The zero-order chi connectivity index (χ0) is 17.2. The third-order valence-electron chi connectivity index (χ3n) is 4.46. The van der Waals surface area contributed by atoms with E-state index in [-0.39, 0.29) is 18.4 Å². The summed E-state index contributed by atoms with van der Waals surface area (Å²) in [6, 6.07) is 14.8. The van der Waals surface area contributed by atoms with Gasteiger partial charge in [-0.25, -0.2) is 0 Å². The smallest absolute Gasteiger partial charge is 0.252 e. The molecule has 126 valence electrons. The summed E-state index contributed by atoms with van der Waals surface area (Å²) >= 11 is 3.39. The molecule has 1 fully saturated rings. The first kappa shape index (κ1) is 17.0.